The SMILES string of the molecule is CCN1C(=O)N(c2nc3ccccc3s2)C(=O)[C@@H]1Cc1ccccc1. The minimum absolute atomic E-state index is 0.199. The number of aromatic nitrogens is 1. The first kappa shape index (κ1) is 15.8. The summed E-state index contributed by atoms with van der Waals surface area (Å²) < 4.78 is 0.965. The van der Waals surface area contributed by atoms with Crippen LogP contribution in [0.4, 0.5) is 9.93 Å². The highest BCUT2D eigenvalue weighted by molar-refractivity contribution is 7.22. The average molecular weight is 351 g/mol. The summed E-state index contributed by atoms with van der Waals surface area (Å²) in [6, 6.07) is 16.7. The highest BCUT2D eigenvalue weighted by Crippen LogP contribution is 2.33. The number of anilines is 1. The fourth-order valence-electron chi connectivity index (χ4n) is 3.16. The highest BCUT2D eigenvalue weighted by Gasteiger charge is 2.46. The summed E-state index contributed by atoms with van der Waals surface area (Å²) in [5.74, 6) is -0.199. The largest absolute Gasteiger partial charge is 0.333 e. The van der Waals surface area contributed by atoms with Crippen LogP contribution in [-0.4, -0.2) is 34.4 Å². The number of urea groups is 1. The lowest BCUT2D eigenvalue weighted by Crippen LogP contribution is -2.36. The van der Waals surface area contributed by atoms with Gasteiger partial charge in [-0.1, -0.05) is 53.8 Å². The van der Waals surface area contributed by atoms with Gasteiger partial charge in [-0.2, -0.15) is 0 Å². The molecule has 1 atom stereocenters. The molecule has 2 aromatic carbocycles. The average Bonchev–Trinajstić information content (AvgIpc) is 3.14. The van der Waals surface area contributed by atoms with Gasteiger partial charge in [0.25, 0.3) is 5.91 Å². The van der Waals surface area contributed by atoms with Gasteiger partial charge in [-0.3, -0.25) is 4.79 Å². The molecule has 5 nitrogen and oxygen atoms in total. The molecule has 126 valence electrons. The lowest BCUT2D eigenvalue weighted by molar-refractivity contribution is -0.119. The Morgan fingerprint density at radius 3 is 2.48 bits per heavy atom. The fraction of sp³-hybridized carbons (Fsp3) is 0.211. The van der Waals surface area contributed by atoms with Gasteiger partial charge in [0.1, 0.15) is 6.04 Å². The van der Waals surface area contributed by atoms with Gasteiger partial charge < -0.3 is 4.90 Å². The number of amides is 3. The molecule has 0 spiro atoms. The number of hydrogen-bond donors (Lipinski definition) is 0. The van der Waals surface area contributed by atoms with Gasteiger partial charge in [0, 0.05) is 13.0 Å². The zero-order valence-electron chi connectivity index (χ0n) is 13.8. The van der Waals surface area contributed by atoms with Crippen LogP contribution in [0, 0.1) is 0 Å². The standard InChI is InChI=1S/C19H17N3O2S/c1-2-21-15(12-13-8-4-3-5-9-13)17(23)22(19(21)24)18-20-14-10-6-7-11-16(14)25-18/h3-11,15H,2,12H2,1H3/t15-/m0/s1. The number of fused-ring (bicyclic) bond motifs is 1. The first-order chi connectivity index (χ1) is 12.2. The van der Waals surface area contributed by atoms with Crippen LogP contribution in [0.25, 0.3) is 10.2 Å². The van der Waals surface area contributed by atoms with Crippen molar-refractivity contribution in [2.75, 3.05) is 11.4 Å². The van der Waals surface area contributed by atoms with Crippen LogP contribution in [-0.2, 0) is 11.2 Å². The van der Waals surface area contributed by atoms with E-state index in [0.717, 1.165) is 15.8 Å². The lowest BCUT2D eigenvalue weighted by Gasteiger charge is -2.19. The third-order valence-electron chi connectivity index (χ3n) is 4.41. The van der Waals surface area contributed by atoms with Crippen LogP contribution >= 0.6 is 11.3 Å². The van der Waals surface area contributed by atoms with Crippen molar-refractivity contribution in [2.45, 2.75) is 19.4 Å². The van der Waals surface area contributed by atoms with Crippen molar-refractivity contribution in [1.82, 2.24) is 9.88 Å². The van der Waals surface area contributed by atoms with Gasteiger partial charge in [-0.25, -0.2) is 14.7 Å². The minimum atomic E-state index is -0.480. The van der Waals surface area contributed by atoms with E-state index in [1.807, 2.05) is 61.5 Å². The summed E-state index contributed by atoms with van der Waals surface area (Å²) in [6.07, 6.45) is 0.515. The number of thiazole rings is 1. The Hall–Kier alpha value is -2.73. The number of hydrogen-bond acceptors (Lipinski definition) is 4. The molecule has 1 aliphatic heterocycles. The molecule has 1 aromatic heterocycles. The number of imide groups is 1. The number of rotatable bonds is 4. The zero-order chi connectivity index (χ0) is 17.4. The zero-order valence-corrected chi connectivity index (χ0v) is 14.6. The number of carbonyl (C=O) groups is 2. The first-order valence-corrected chi connectivity index (χ1v) is 9.04. The molecule has 3 amide bonds. The van der Waals surface area contributed by atoms with Gasteiger partial charge in [0.15, 0.2) is 0 Å². The Balaban J connectivity index is 1.69. The Kier molecular flexibility index (Phi) is 3.97. The van der Waals surface area contributed by atoms with Crippen LogP contribution in [0.3, 0.4) is 0 Å². The van der Waals surface area contributed by atoms with E-state index in [1.165, 1.54) is 16.2 Å². The second-order valence-electron chi connectivity index (χ2n) is 5.91. The normalized spacial score (nSPS) is 17.7. The van der Waals surface area contributed by atoms with Gasteiger partial charge in [-0.15, -0.1) is 0 Å². The topological polar surface area (TPSA) is 53.5 Å². The van der Waals surface area contributed by atoms with E-state index in [-0.39, 0.29) is 11.9 Å². The van der Waals surface area contributed by atoms with E-state index in [9.17, 15) is 9.59 Å². The maximum atomic E-state index is 13.0. The molecule has 2 heterocycles. The molecule has 1 fully saturated rings. The summed E-state index contributed by atoms with van der Waals surface area (Å²) in [4.78, 5) is 33.2. The summed E-state index contributed by atoms with van der Waals surface area (Å²) in [6.45, 7) is 2.38. The second-order valence-corrected chi connectivity index (χ2v) is 6.92. The van der Waals surface area contributed by atoms with Crippen molar-refractivity contribution < 1.29 is 9.59 Å². The Morgan fingerprint density at radius 1 is 1.04 bits per heavy atom. The third kappa shape index (κ3) is 2.68. The van der Waals surface area contributed by atoms with E-state index in [4.69, 9.17) is 0 Å². The van der Waals surface area contributed by atoms with E-state index >= 15 is 0 Å². The molecule has 0 radical (unpaired) electrons. The Morgan fingerprint density at radius 2 is 1.76 bits per heavy atom. The Bertz CT molecular complexity index is 905. The molecule has 0 unspecified atom stereocenters. The summed E-state index contributed by atoms with van der Waals surface area (Å²) in [7, 11) is 0. The number of likely N-dealkylation sites (N-methyl/N-ethyl adjacent to an activating group) is 1. The number of carbonyl (C=O) groups excluding carboxylic acids is 2. The Labute approximate surface area is 149 Å². The van der Waals surface area contributed by atoms with Crippen LogP contribution in [0.1, 0.15) is 12.5 Å². The van der Waals surface area contributed by atoms with Gasteiger partial charge in [0.05, 0.1) is 10.2 Å². The maximum absolute atomic E-state index is 13.0. The molecule has 6 heteroatoms. The van der Waals surface area contributed by atoms with Crippen molar-refractivity contribution in [2.24, 2.45) is 0 Å². The summed E-state index contributed by atoms with van der Waals surface area (Å²) >= 11 is 1.37. The molecule has 4 rings (SSSR count). The molecular weight excluding hydrogens is 334 g/mol. The van der Waals surface area contributed by atoms with E-state index < -0.39 is 6.04 Å². The number of para-hydroxylation sites is 1. The second kappa shape index (κ2) is 6.29. The molecule has 0 N–H and O–H groups in total. The predicted molar refractivity (Wildman–Crippen MR) is 98.8 cm³/mol. The maximum Gasteiger partial charge on any atom is 0.333 e. The van der Waals surface area contributed by atoms with Gasteiger partial charge in [0.2, 0.25) is 5.13 Å². The van der Waals surface area contributed by atoms with Crippen LogP contribution in [0.2, 0.25) is 0 Å². The van der Waals surface area contributed by atoms with Crippen molar-refractivity contribution in [3.63, 3.8) is 0 Å². The van der Waals surface area contributed by atoms with Crippen molar-refractivity contribution in [1.29, 1.82) is 0 Å². The van der Waals surface area contributed by atoms with E-state index in [2.05, 4.69) is 4.98 Å². The number of benzene rings is 2. The van der Waals surface area contributed by atoms with Crippen molar-refractivity contribution >= 4 is 38.6 Å². The number of nitrogens with zero attached hydrogens (tertiary/aromatic N) is 3. The summed E-state index contributed by atoms with van der Waals surface area (Å²) in [5, 5.41) is 0.449. The third-order valence-corrected chi connectivity index (χ3v) is 5.43. The van der Waals surface area contributed by atoms with E-state index in [0.29, 0.717) is 18.1 Å². The van der Waals surface area contributed by atoms with Crippen LogP contribution < -0.4 is 4.90 Å². The smallest absolute Gasteiger partial charge is 0.312 e. The van der Waals surface area contributed by atoms with Crippen LogP contribution in [0.15, 0.2) is 54.6 Å². The minimum Gasteiger partial charge on any atom is -0.312 e. The molecule has 0 saturated carbocycles. The highest BCUT2D eigenvalue weighted by atomic mass is 32.1. The van der Waals surface area contributed by atoms with Crippen molar-refractivity contribution in [3.8, 4) is 0 Å². The lowest BCUT2D eigenvalue weighted by atomic mass is 10.1. The summed E-state index contributed by atoms with van der Waals surface area (Å²) in [5.41, 5.74) is 1.84. The quantitative estimate of drug-likeness (QED) is 0.674. The molecule has 1 saturated heterocycles. The molecule has 0 bridgehead atoms. The van der Waals surface area contributed by atoms with Gasteiger partial charge >= 0.3 is 6.03 Å². The first-order valence-electron chi connectivity index (χ1n) is 8.23. The van der Waals surface area contributed by atoms with Crippen molar-refractivity contribution in [3.05, 3.63) is 60.2 Å². The van der Waals surface area contributed by atoms with Crippen LogP contribution in [0.5, 0.6) is 0 Å². The molecule has 1 aliphatic rings. The molecular formula is C19H17N3O2S. The predicted octanol–water partition coefficient (Wildman–Crippen LogP) is 3.70. The molecule has 3 aromatic rings. The monoisotopic (exact) mass is 351 g/mol. The van der Waals surface area contributed by atoms with Gasteiger partial charge in [-0.05, 0) is 24.6 Å². The fourth-order valence-corrected chi connectivity index (χ4v) is 4.13. The molecule has 25 heavy (non-hydrogen) atoms. The molecule has 0 aliphatic carbocycles. The van der Waals surface area contributed by atoms with E-state index in [1.54, 1.807) is 4.90 Å².